The van der Waals surface area contributed by atoms with Gasteiger partial charge in [-0.1, -0.05) is 0 Å². The van der Waals surface area contributed by atoms with Gasteiger partial charge in [0.15, 0.2) is 0 Å². The van der Waals surface area contributed by atoms with E-state index in [1.165, 1.54) is 12.0 Å². The molecule has 2 fully saturated rings. The second-order valence-corrected chi connectivity index (χ2v) is 5.85. The number of nitrogens with zero attached hydrogens (tertiary/aromatic N) is 1. The van der Waals surface area contributed by atoms with Crippen molar-refractivity contribution in [3.05, 3.63) is 30.1 Å². The molecule has 0 radical (unpaired) electrons. The molecule has 0 saturated carbocycles. The molecule has 4 heteroatoms. The third-order valence-corrected chi connectivity index (χ3v) is 4.68. The zero-order valence-corrected chi connectivity index (χ0v) is 12.0. The molecule has 1 aromatic heterocycles. The number of rotatable bonds is 5. The molecule has 2 saturated heterocycles. The van der Waals surface area contributed by atoms with Crippen LogP contribution in [-0.4, -0.2) is 36.9 Å². The third-order valence-electron chi connectivity index (χ3n) is 4.68. The van der Waals surface area contributed by atoms with Crippen molar-refractivity contribution in [3.63, 3.8) is 0 Å². The molecule has 0 bridgehead atoms. The van der Waals surface area contributed by atoms with Crippen LogP contribution in [0.1, 0.15) is 31.2 Å². The maximum atomic E-state index is 6.11. The van der Waals surface area contributed by atoms with E-state index in [2.05, 4.69) is 10.3 Å². The Morgan fingerprint density at radius 2 is 2.10 bits per heavy atom. The van der Waals surface area contributed by atoms with Gasteiger partial charge in [0, 0.05) is 25.6 Å². The zero-order chi connectivity index (χ0) is 13.7. The van der Waals surface area contributed by atoms with E-state index in [0.717, 1.165) is 45.6 Å². The first-order valence-corrected chi connectivity index (χ1v) is 7.70. The van der Waals surface area contributed by atoms with Gasteiger partial charge >= 0.3 is 0 Å². The van der Waals surface area contributed by atoms with Crippen molar-refractivity contribution in [1.29, 1.82) is 0 Å². The lowest BCUT2D eigenvalue weighted by Gasteiger charge is -2.38. The highest BCUT2D eigenvalue weighted by atomic mass is 16.5. The first-order chi connectivity index (χ1) is 9.89. The Hall–Kier alpha value is -0.970. The maximum absolute atomic E-state index is 6.11. The molecule has 0 unspecified atom stereocenters. The first kappa shape index (κ1) is 14.0. The van der Waals surface area contributed by atoms with E-state index in [0.29, 0.717) is 12.5 Å². The van der Waals surface area contributed by atoms with Crippen LogP contribution in [0.15, 0.2) is 24.5 Å². The summed E-state index contributed by atoms with van der Waals surface area (Å²) < 4.78 is 11.9. The van der Waals surface area contributed by atoms with Crippen LogP contribution in [0.4, 0.5) is 0 Å². The molecule has 2 aliphatic rings. The molecule has 1 spiro atoms. The quantitative estimate of drug-likeness (QED) is 0.837. The molecule has 1 N–H and O–H groups in total. The molecule has 0 amide bonds. The van der Waals surface area contributed by atoms with Gasteiger partial charge in [0.05, 0.1) is 12.2 Å². The van der Waals surface area contributed by atoms with Crippen LogP contribution in [0.2, 0.25) is 0 Å². The Bertz CT molecular complexity index is 404. The fourth-order valence-corrected chi connectivity index (χ4v) is 3.49. The van der Waals surface area contributed by atoms with E-state index in [9.17, 15) is 0 Å². The van der Waals surface area contributed by atoms with Gasteiger partial charge in [-0.15, -0.1) is 0 Å². The standard InChI is InChI=1S/C16H24N2O2/c1-7-17-8-2-14(1)13-19-11-3-15-4-12-20-16(15)5-9-18-10-6-16/h1-2,7-8,15,18H,3-6,9-13H2/t15-/m0/s1. The summed E-state index contributed by atoms with van der Waals surface area (Å²) in [6, 6.07) is 4.01. The summed E-state index contributed by atoms with van der Waals surface area (Å²) in [7, 11) is 0. The van der Waals surface area contributed by atoms with Crippen molar-refractivity contribution in [1.82, 2.24) is 10.3 Å². The Labute approximate surface area is 120 Å². The van der Waals surface area contributed by atoms with E-state index >= 15 is 0 Å². The van der Waals surface area contributed by atoms with Crippen LogP contribution < -0.4 is 5.32 Å². The molecule has 1 atom stereocenters. The number of nitrogens with one attached hydrogen (secondary N) is 1. The largest absolute Gasteiger partial charge is 0.377 e. The minimum Gasteiger partial charge on any atom is -0.377 e. The number of piperidine rings is 1. The lowest BCUT2D eigenvalue weighted by molar-refractivity contribution is -0.0515. The molecule has 0 aliphatic carbocycles. The van der Waals surface area contributed by atoms with Crippen LogP contribution >= 0.6 is 0 Å². The van der Waals surface area contributed by atoms with Gasteiger partial charge in [-0.25, -0.2) is 0 Å². The molecular formula is C16H24N2O2. The summed E-state index contributed by atoms with van der Waals surface area (Å²) in [5.41, 5.74) is 1.34. The fraction of sp³-hybridized carbons (Fsp3) is 0.688. The zero-order valence-electron chi connectivity index (χ0n) is 12.0. The lowest BCUT2D eigenvalue weighted by Crippen LogP contribution is -2.46. The molecule has 3 rings (SSSR count). The predicted octanol–water partition coefficient (Wildman–Crippen LogP) is 2.15. The molecule has 110 valence electrons. The molecule has 20 heavy (non-hydrogen) atoms. The molecule has 0 aromatic carbocycles. The number of ether oxygens (including phenoxy) is 2. The van der Waals surface area contributed by atoms with Crippen molar-refractivity contribution in [2.45, 2.75) is 37.9 Å². The number of hydrogen-bond donors (Lipinski definition) is 1. The number of pyridine rings is 1. The Balaban J connectivity index is 1.43. The SMILES string of the molecule is c1cc(COCC[C@H]2CCOC23CCNCC3)ccn1. The van der Waals surface area contributed by atoms with Crippen molar-refractivity contribution in [2.75, 3.05) is 26.3 Å². The highest BCUT2D eigenvalue weighted by Crippen LogP contribution is 2.40. The van der Waals surface area contributed by atoms with Crippen molar-refractivity contribution < 1.29 is 9.47 Å². The minimum absolute atomic E-state index is 0.144. The minimum atomic E-state index is 0.144. The summed E-state index contributed by atoms with van der Waals surface area (Å²) >= 11 is 0. The summed E-state index contributed by atoms with van der Waals surface area (Å²) in [5.74, 6) is 0.669. The van der Waals surface area contributed by atoms with Gasteiger partial charge in [-0.05, 0) is 62.4 Å². The number of hydrogen-bond acceptors (Lipinski definition) is 4. The van der Waals surface area contributed by atoms with Crippen molar-refractivity contribution in [3.8, 4) is 0 Å². The highest BCUT2D eigenvalue weighted by molar-refractivity contribution is 5.07. The monoisotopic (exact) mass is 276 g/mol. The predicted molar refractivity (Wildman–Crippen MR) is 77.4 cm³/mol. The smallest absolute Gasteiger partial charge is 0.0736 e. The second kappa shape index (κ2) is 6.66. The van der Waals surface area contributed by atoms with E-state index in [1.54, 1.807) is 0 Å². The molecular weight excluding hydrogens is 252 g/mol. The Morgan fingerprint density at radius 3 is 2.90 bits per heavy atom. The van der Waals surface area contributed by atoms with Crippen LogP contribution in [0.5, 0.6) is 0 Å². The molecule has 1 aromatic rings. The molecule has 3 heterocycles. The van der Waals surface area contributed by atoms with E-state index in [4.69, 9.17) is 9.47 Å². The van der Waals surface area contributed by atoms with Gasteiger partial charge < -0.3 is 14.8 Å². The third kappa shape index (κ3) is 3.19. The van der Waals surface area contributed by atoms with Crippen LogP contribution in [0, 0.1) is 5.92 Å². The Morgan fingerprint density at radius 1 is 1.30 bits per heavy atom. The molecule has 2 aliphatic heterocycles. The maximum Gasteiger partial charge on any atom is 0.0736 e. The van der Waals surface area contributed by atoms with Gasteiger partial charge in [0.2, 0.25) is 0 Å². The summed E-state index contributed by atoms with van der Waals surface area (Å²) in [5, 5.41) is 3.43. The fourth-order valence-electron chi connectivity index (χ4n) is 3.49. The topological polar surface area (TPSA) is 43.4 Å². The first-order valence-electron chi connectivity index (χ1n) is 7.70. The van der Waals surface area contributed by atoms with Crippen LogP contribution in [0.25, 0.3) is 0 Å². The van der Waals surface area contributed by atoms with Gasteiger partial charge in [0.1, 0.15) is 0 Å². The summed E-state index contributed by atoms with van der Waals surface area (Å²) in [4.78, 5) is 4.02. The Kier molecular flexibility index (Phi) is 4.65. The van der Waals surface area contributed by atoms with Crippen molar-refractivity contribution in [2.24, 2.45) is 5.92 Å². The lowest BCUT2D eigenvalue weighted by atomic mass is 9.78. The van der Waals surface area contributed by atoms with Gasteiger partial charge in [-0.3, -0.25) is 4.98 Å². The summed E-state index contributed by atoms with van der Waals surface area (Å²) in [6.07, 6.45) is 8.24. The van der Waals surface area contributed by atoms with Crippen LogP contribution in [0.3, 0.4) is 0 Å². The number of aromatic nitrogens is 1. The molecule has 4 nitrogen and oxygen atoms in total. The van der Waals surface area contributed by atoms with E-state index in [1.807, 2.05) is 24.5 Å². The highest BCUT2D eigenvalue weighted by Gasteiger charge is 2.44. The van der Waals surface area contributed by atoms with E-state index in [-0.39, 0.29) is 5.60 Å². The average Bonchev–Trinajstić information content (AvgIpc) is 2.88. The van der Waals surface area contributed by atoms with E-state index < -0.39 is 0 Å². The van der Waals surface area contributed by atoms with Gasteiger partial charge in [0.25, 0.3) is 0 Å². The normalized spacial score (nSPS) is 25.1. The van der Waals surface area contributed by atoms with Crippen molar-refractivity contribution >= 4 is 0 Å². The average molecular weight is 276 g/mol. The second-order valence-electron chi connectivity index (χ2n) is 5.85. The summed E-state index contributed by atoms with van der Waals surface area (Å²) in [6.45, 7) is 4.62. The van der Waals surface area contributed by atoms with Crippen LogP contribution in [-0.2, 0) is 16.1 Å². The van der Waals surface area contributed by atoms with Gasteiger partial charge in [-0.2, -0.15) is 0 Å².